The molecule has 0 saturated heterocycles. The van der Waals surface area contributed by atoms with Crippen molar-refractivity contribution in [1.29, 1.82) is 0 Å². The summed E-state index contributed by atoms with van der Waals surface area (Å²) in [4.78, 5) is 8.58. The van der Waals surface area contributed by atoms with Gasteiger partial charge in [-0.25, -0.2) is 0 Å². The van der Waals surface area contributed by atoms with Crippen LogP contribution < -0.4 is 20.1 Å². The molecule has 0 fully saturated rings. The number of rotatable bonds is 8. The van der Waals surface area contributed by atoms with Crippen LogP contribution in [0.25, 0.3) is 11.4 Å². The predicted molar refractivity (Wildman–Crippen MR) is 131 cm³/mol. The van der Waals surface area contributed by atoms with Gasteiger partial charge in [-0.3, -0.25) is 4.99 Å². The number of nitrogens with zero attached hydrogens (tertiary/aromatic N) is 3. The van der Waals surface area contributed by atoms with E-state index in [1.807, 2.05) is 43.3 Å². The summed E-state index contributed by atoms with van der Waals surface area (Å²) in [5.41, 5.74) is 0.833. The first kappa shape index (κ1) is 24.7. The van der Waals surface area contributed by atoms with Gasteiger partial charge in [-0.15, -0.1) is 24.0 Å². The predicted octanol–water partition coefficient (Wildman–Crippen LogP) is 4.15. The lowest BCUT2D eigenvalue weighted by molar-refractivity contribution is 0.213. The van der Waals surface area contributed by atoms with Gasteiger partial charge in [0, 0.05) is 17.6 Å². The molecule has 0 spiro atoms. The van der Waals surface area contributed by atoms with E-state index in [-0.39, 0.29) is 30.1 Å². The Kier molecular flexibility index (Phi) is 9.86. The van der Waals surface area contributed by atoms with E-state index in [9.17, 15) is 0 Å². The molecule has 10 heteroatoms. The molecule has 0 radical (unpaired) electrons. The molecule has 3 rings (SSSR count). The van der Waals surface area contributed by atoms with Crippen LogP contribution in [0.2, 0.25) is 5.02 Å². The van der Waals surface area contributed by atoms with Crippen LogP contribution in [-0.4, -0.2) is 42.9 Å². The minimum absolute atomic E-state index is 0. The highest BCUT2D eigenvalue weighted by atomic mass is 127. The van der Waals surface area contributed by atoms with Crippen molar-refractivity contribution < 1.29 is 14.0 Å². The molecule has 0 aliphatic carbocycles. The number of nitrogens with one attached hydrogen (secondary N) is 2. The standard InChI is InChI=1S/C21H24ClN5O3.HI/c1-14(29-18-7-5-4-6-17(18)28-3)12-24-21(23-2)25-13-19-26-20(27-30-19)15-8-10-16(22)11-9-15;/h4-11,14H,12-13H2,1-3H3,(H2,23,24,25);1H. The monoisotopic (exact) mass is 557 g/mol. The maximum absolute atomic E-state index is 5.93. The summed E-state index contributed by atoms with van der Waals surface area (Å²) < 4.78 is 16.5. The van der Waals surface area contributed by atoms with Gasteiger partial charge in [0.1, 0.15) is 6.10 Å². The summed E-state index contributed by atoms with van der Waals surface area (Å²) in [6, 6.07) is 14.8. The molecule has 2 aromatic carbocycles. The number of para-hydroxylation sites is 2. The fraction of sp³-hybridized carbons (Fsp3) is 0.286. The summed E-state index contributed by atoms with van der Waals surface area (Å²) in [7, 11) is 3.31. The Hall–Kier alpha value is -2.53. The first-order valence-electron chi connectivity index (χ1n) is 9.41. The van der Waals surface area contributed by atoms with Crippen LogP contribution in [0, 0.1) is 0 Å². The SMILES string of the molecule is CN=C(NCc1nc(-c2ccc(Cl)cc2)no1)NCC(C)Oc1ccccc1OC.I. The van der Waals surface area contributed by atoms with Crippen LogP contribution in [-0.2, 0) is 6.54 Å². The first-order valence-corrected chi connectivity index (χ1v) is 9.79. The quantitative estimate of drug-likeness (QED) is 0.244. The first-order chi connectivity index (χ1) is 14.6. The highest BCUT2D eigenvalue weighted by molar-refractivity contribution is 14.0. The fourth-order valence-corrected chi connectivity index (χ4v) is 2.76. The Balaban J connectivity index is 0.00000341. The van der Waals surface area contributed by atoms with Crippen LogP contribution in [0.1, 0.15) is 12.8 Å². The lowest BCUT2D eigenvalue weighted by Gasteiger charge is -2.18. The maximum Gasteiger partial charge on any atom is 0.246 e. The third kappa shape index (κ3) is 7.28. The van der Waals surface area contributed by atoms with E-state index < -0.39 is 0 Å². The smallest absolute Gasteiger partial charge is 0.246 e. The lowest BCUT2D eigenvalue weighted by Crippen LogP contribution is -2.41. The maximum atomic E-state index is 5.93. The van der Waals surface area contributed by atoms with E-state index in [2.05, 4.69) is 25.8 Å². The molecule has 0 saturated carbocycles. The fourth-order valence-electron chi connectivity index (χ4n) is 2.64. The number of aromatic nitrogens is 2. The van der Waals surface area contributed by atoms with E-state index >= 15 is 0 Å². The Morgan fingerprint density at radius 1 is 1.13 bits per heavy atom. The Bertz CT molecular complexity index is 981. The molecular weight excluding hydrogens is 533 g/mol. The van der Waals surface area contributed by atoms with E-state index in [1.165, 1.54) is 0 Å². The number of hydrogen-bond acceptors (Lipinski definition) is 6. The molecular formula is C21H25ClIN5O3. The van der Waals surface area contributed by atoms with Crippen molar-refractivity contribution in [2.45, 2.75) is 19.6 Å². The van der Waals surface area contributed by atoms with Crippen LogP contribution >= 0.6 is 35.6 Å². The average molecular weight is 558 g/mol. The van der Waals surface area contributed by atoms with Gasteiger partial charge in [-0.1, -0.05) is 28.9 Å². The Morgan fingerprint density at radius 2 is 1.84 bits per heavy atom. The molecule has 3 aromatic rings. The average Bonchev–Trinajstić information content (AvgIpc) is 3.24. The lowest BCUT2D eigenvalue weighted by atomic mass is 10.2. The van der Waals surface area contributed by atoms with Gasteiger partial charge in [-0.05, 0) is 43.3 Å². The van der Waals surface area contributed by atoms with Gasteiger partial charge < -0.3 is 24.6 Å². The molecule has 0 aliphatic heterocycles. The topological polar surface area (TPSA) is 93.8 Å². The number of ether oxygens (including phenoxy) is 2. The van der Waals surface area contributed by atoms with Crippen LogP contribution in [0.4, 0.5) is 0 Å². The Morgan fingerprint density at radius 3 is 2.52 bits per heavy atom. The van der Waals surface area contributed by atoms with Crippen molar-refractivity contribution >= 4 is 41.5 Å². The molecule has 1 aromatic heterocycles. The zero-order valence-corrected chi connectivity index (χ0v) is 20.5. The molecule has 0 amide bonds. The zero-order valence-electron chi connectivity index (χ0n) is 17.5. The third-order valence-corrected chi connectivity index (χ3v) is 4.41. The molecule has 0 bridgehead atoms. The van der Waals surface area contributed by atoms with Crippen molar-refractivity contribution in [2.24, 2.45) is 4.99 Å². The van der Waals surface area contributed by atoms with E-state index in [0.29, 0.717) is 47.3 Å². The highest BCUT2D eigenvalue weighted by Crippen LogP contribution is 2.26. The zero-order chi connectivity index (χ0) is 21.3. The second-order valence-corrected chi connectivity index (χ2v) is 6.84. The van der Waals surface area contributed by atoms with Crippen molar-refractivity contribution in [1.82, 2.24) is 20.8 Å². The minimum atomic E-state index is -0.111. The van der Waals surface area contributed by atoms with Crippen molar-refractivity contribution in [3.63, 3.8) is 0 Å². The molecule has 1 atom stereocenters. The van der Waals surface area contributed by atoms with Gasteiger partial charge in [0.05, 0.1) is 20.2 Å². The second-order valence-electron chi connectivity index (χ2n) is 6.40. The van der Waals surface area contributed by atoms with E-state index in [0.717, 1.165) is 5.56 Å². The molecule has 1 heterocycles. The second kappa shape index (κ2) is 12.4. The minimum Gasteiger partial charge on any atom is -0.493 e. The highest BCUT2D eigenvalue weighted by Gasteiger charge is 2.11. The normalized spacial score (nSPS) is 11.9. The molecule has 31 heavy (non-hydrogen) atoms. The summed E-state index contributed by atoms with van der Waals surface area (Å²) >= 11 is 5.91. The summed E-state index contributed by atoms with van der Waals surface area (Å²) in [6.07, 6.45) is -0.111. The summed E-state index contributed by atoms with van der Waals surface area (Å²) in [6.45, 7) is 2.84. The van der Waals surface area contributed by atoms with Gasteiger partial charge in [0.25, 0.3) is 0 Å². The number of halogens is 2. The van der Waals surface area contributed by atoms with E-state index in [1.54, 1.807) is 26.3 Å². The number of guanidine groups is 1. The van der Waals surface area contributed by atoms with Gasteiger partial charge >= 0.3 is 0 Å². The van der Waals surface area contributed by atoms with Crippen molar-refractivity contribution in [3.05, 3.63) is 59.4 Å². The number of hydrogen-bond donors (Lipinski definition) is 2. The number of benzene rings is 2. The van der Waals surface area contributed by atoms with Gasteiger partial charge in [0.15, 0.2) is 17.5 Å². The van der Waals surface area contributed by atoms with Crippen LogP contribution in [0.15, 0.2) is 58.0 Å². The third-order valence-electron chi connectivity index (χ3n) is 4.16. The van der Waals surface area contributed by atoms with Crippen molar-refractivity contribution in [3.8, 4) is 22.9 Å². The van der Waals surface area contributed by atoms with E-state index in [4.69, 9.17) is 25.6 Å². The molecule has 0 aliphatic rings. The summed E-state index contributed by atoms with van der Waals surface area (Å²) in [5, 5.41) is 11.0. The van der Waals surface area contributed by atoms with Crippen molar-refractivity contribution in [2.75, 3.05) is 20.7 Å². The van der Waals surface area contributed by atoms with Gasteiger partial charge in [-0.2, -0.15) is 4.98 Å². The number of aliphatic imine (C=N–C) groups is 1. The number of methoxy groups -OCH3 is 1. The summed E-state index contributed by atoms with van der Waals surface area (Å²) in [5.74, 6) is 2.93. The van der Waals surface area contributed by atoms with Crippen LogP contribution in [0.3, 0.4) is 0 Å². The largest absolute Gasteiger partial charge is 0.493 e. The van der Waals surface area contributed by atoms with Crippen LogP contribution in [0.5, 0.6) is 11.5 Å². The van der Waals surface area contributed by atoms with Gasteiger partial charge in [0.2, 0.25) is 11.7 Å². The molecule has 166 valence electrons. The molecule has 2 N–H and O–H groups in total. The molecule has 8 nitrogen and oxygen atoms in total. The Labute approximate surface area is 203 Å². The molecule has 1 unspecified atom stereocenters.